The molecule has 0 saturated heterocycles. The van der Waals surface area contributed by atoms with Crippen molar-refractivity contribution in [2.75, 3.05) is 5.32 Å². The van der Waals surface area contributed by atoms with Crippen LogP contribution in [0.1, 0.15) is 27.7 Å². The molecule has 23 heavy (non-hydrogen) atoms. The fourth-order valence-corrected chi connectivity index (χ4v) is 3.76. The molecule has 0 aliphatic rings. The molecule has 1 aromatic heterocycles. The number of anilines is 1. The van der Waals surface area contributed by atoms with Crippen LogP contribution in [-0.2, 0) is 14.8 Å². The predicted octanol–water partition coefficient (Wildman–Crippen LogP) is 2.44. The number of benzene rings is 1. The first-order valence-electron chi connectivity index (χ1n) is 6.70. The number of carbonyl (C=O) groups excluding carboxylic acids is 2. The van der Waals surface area contributed by atoms with Crippen LogP contribution in [0.3, 0.4) is 0 Å². The van der Waals surface area contributed by atoms with Crippen molar-refractivity contribution in [3.05, 3.63) is 45.6 Å². The van der Waals surface area contributed by atoms with Crippen LogP contribution in [0.2, 0.25) is 0 Å². The van der Waals surface area contributed by atoms with Crippen molar-refractivity contribution in [1.29, 1.82) is 0 Å². The van der Waals surface area contributed by atoms with Gasteiger partial charge in [-0.15, -0.1) is 11.3 Å². The van der Waals surface area contributed by atoms with E-state index >= 15 is 0 Å². The quantitative estimate of drug-likeness (QED) is 0.884. The molecule has 2 amide bonds. The molecule has 0 saturated carbocycles. The van der Waals surface area contributed by atoms with Crippen LogP contribution in [-0.4, -0.2) is 20.2 Å². The van der Waals surface area contributed by atoms with Crippen molar-refractivity contribution in [1.82, 2.24) is 4.72 Å². The van der Waals surface area contributed by atoms with Crippen LogP contribution in [0.5, 0.6) is 0 Å². The molecule has 2 N–H and O–H groups in total. The van der Waals surface area contributed by atoms with Gasteiger partial charge in [0.15, 0.2) is 0 Å². The molecule has 2 rings (SSSR count). The topological polar surface area (TPSA) is 92.3 Å². The highest BCUT2D eigenvalue weighted by atomic mass is 32.2. The number of sulfonamides is 1. The number of nitrogens with one attached hydrogen (secondary N) is 2. The number of aryl methyl sites for hydroxylation is 1. The Morgan fingerprint density at radius 2 is 1.70 bits per heavy atom. The maximum Gasteiger partial charge on any atom is 0.264 e. The lowest BCUT2D eigenvalue weighted by Gasteiger charge is -2.07. The molecule has 0 aliphatic heterocycles. The van der Waals surface area contributed by atoms with Gasteiger partial charge in [-0.25, -0.2) is 13.1 Å². The molecule has 0 unspecified atom stereocenters. The molecule has 0 aliphatic carbocycles. The van der Waals surface area contributed by atoms with Crippen LogP contribution < -0.4 is 10.0 Å². The minimum absolute atomic E-state index is 0.0479. The van der Waals surface area contributed by atoms with Crippen molar-refractivity contribution >= 4 is 38.9 Å². The van der Waals surface area contributed by atoms with E-state index in [9.17, 15) is 18.0 Å². The average molecular weight is 352 g/mol. The normalized spacial score (nSPS) is 11.1. The Hall–Kier alpha value is -2.19. The zero-order chi connectivity index (χ0) is 17.2. The Balaban J connectivity index is 2.16. The summed E-state index contributed by atoms with van der Waals surface area (Å²) in [5.74, 6) is -0.907. The maximum atomic E-state index is 12.2. The van der Waals surface area contributed by atoms with E-state index in [4.69, 9.17) is 0 Å². The van der Waals surface area contributed by atoms with Gasteiger partial charge < -0.3 is 5.32 Å². The van der Waals surface area contributed by atoms with E-state index in [1.807, 2.05) is 18.6 Å². The van der Waals surface area contributed by atoms with E-state index in [1.54, 1.807) is 5.38 Å². The summed E-state index contributed by atoms with van der Waals surface area (Å²) in [5.41, 5.74) is 2.00. The number of hydrogen-bond acceptors (Lipinski definition) is 5. The van der Waals surface area contributed by atoms with Gasteiger partial charge in [0.2, 0.25) is 5.91 Å². The molecule has 0 spiro atoms. The third kappa shape index (κ3) is 3.96. The van der Waals surface area contributed by atoms with Gasteiger partial charge in [-0.1, -0.05) is 0 Å². The molecular formula is C15H16N2O4S2. The van der Waals surface area contributed by atoms with Gasteiger partial charge in [0.25, 0.3) is 15.9 Å². The van der Waals surface area contributed by atoms with Crippen LogP contribution >= 0.6 is 11.3 Å². The Bertz CT molecular complexity index is 852. The number of rotatable bonds is 4. The number of hydrogen-bond donors (Lipinski definition) is 2. The highest BCUT2D eigenvalue weighted by Gasteiger charge is 2.16. The van der Waals surface area contributed by atoms with E-state index in [2.05, 4.69) is 5.32 Å². The van der Waals surface area contributed by atoms with Crippen molar-refractivity contribution < 1.29 is 18.0 Å². The highest BCUT2D eigenvalue weighted by molar-refractivity contribution is 7.90. The summed E-state index contributed by atoms with van der Waals surface area (Å²) in [4.78, 5) is 24.1. The predicted molar refractivity (Wildman–Crippen MR) is 89.2 cm³/mol. The number of thiophene rings is 1. The lowest BCUT2D eigenvalue weighted by molar-refractivity contribution is -0.117. The molecule has 2 aromatic rings. The summed E-state index contributed by atoms with van der Waals surface area (Å²) in [6.07, 6.45) is 0. The molecule has 6 nitrogen and oxygen atoms in total. The number of amides is 2. The summed E-state index contributed by atoms with van der Waals surface area (Å²) in [6, 6.07) is 5.60. The fourth-order valence-electron chi connectivity index (χ4n) is 1.90. The second-order valence-electron chi connectivity index (χ2n) is 4.97. The van der Waals surface area contributed by atoms with E-state index < -0.39 is 15.9 Å². The second kappa shape index (κ2) is 6.51. The Kier molecular flexibility index (Phi) is 4.86. The molecule has 0 bridgehead atoms. The molecule has 0 radical (unpaired) electrons. The molecule has 1 aromatic carbocycles. The molecule has 122 valence electrons. The first kappa shape index (κ1) is 17.2. The van der Waals surface area contributed by atoms with Gasteiger partial charge in [-0.05, 0) is 43.7 Å². The van der Waals surface area contributed by atoms with Crippen LogP contribution in [0, 0.1) is 13.8 Å². The highest BCUT2D eigenvalue weighted by Crippen LogP contribution is 2.22. The van der Waals surface area contributed by atoms with E-state index in [-0.39, 0.29) is 10.8 Å². The van der Waals surface area contributed by atoms with E-state index in [1.165, 1.54) is 35.6 Å². The summed E-state index contributed by atoms with van der Waals surface area (Å²) in [7, 11) is -3.87. The monoisotopic (exact) mass is 352 g/mol. The fraction of sp³-hybridized carbons (Fsp3) is 0.200. The van der Waals surface area contributed by atoms with Crippen molar-refractivity contribution in [3.63, 3.8) is 0 Å². The van der Waals surface area contributed by atoms with Gasteiger partial charge >= 0.3 is 0 Å². The van der Waals surface area contributed by atoms with Crippen LogP contribution in [0.25, 0.3) is 0 Å². The van der Waals surface area contributed by atoms with Crippen molar-refractivity contribution in [2.45, 2.75) is 25.7 Å². The SMILES string of the molecule is CC(=O)NS(=O)(=O)c1ccc(NC(=O)c2csc(C)c2C)cc1. The lowest BCUT2D eigenvalue weighted by atomic mass is 10.1. The molecule has 0 fully saturated rings. The zero-order valence-corrected chi connectivity index (χ0v) is 14.5. The summed E-state index contributed by atoms with van der Waals surface area (Å²) in [6.45, 7) is 4.94. The zero-order valence-electron chi connectivity index (χ0n) is 12.8. The third-order valence-corrected chi connectivity index (χ3v) is 5.69. The van der Waals surface area contributed by atoms with Gasteiger partial charge in [-0.2, -0.15) is 0 Å². The molecular weight excluding hydrogens is 336 g/mol. The van der Waals surface area contributed by atoms with Crippen molar-refractivity contribution in [2.24, 2.45) is 0 Å². The van der Waals surface area contributed by atoms with E-state index in [0.29, 0.717) is 11.3 Å². The smallest absolute Gasteiger partial charge is 0.264 e. The second-order valence-corrected chi connectivity index (χ2v) is 7.74. The minimum Gasteiger partial charge on any atom is -0.322 e. The summed E-state index contributed by atoms with van der Waals surface area (Å²) < 4.78 is 25.5. The van der Waals surface area contributed by atoms with Gasteiger partial charge in [0.1, 0.15) is 0 Å². The molecule has 1 heterocycles. The Labute approximate surface area is 138 Å². The standard InChI is InChI=1S/C15H16N2O4S2/c1-9-10(2)22-8-14(9)15(19)16-12-4-6-13(7-5-12)23(20,21)17-11(3)18/h4-8H,1-3H3,(H,16,19)(H,17,18). The first-order valence-corrected chi connectivity index (χ1v) is 9.06. The Morgan fingerprint density at radius 1 is 1.09 bits per heavy atom. The lowest BCUT2D eigenvalue weighted by Crippen LogP contribution is -2.28. The van der Waals surface area contributed by atoms with Gasteiger partial charge in [-0.3, -0.25) is 9.59 Å². The molecule has 8 heteroatoms. The first-order chi connectivity index (χ1) is 10.7. The molecule has 0 atom stereocenters. The van der Waals surface area contributed by atoms with E-state index in [0.717, 1.165) is 17.4 Å². The summed E-state index contributed by atoms with van der Waals surface area (Å²) >= 11 is 1.50. The van der Waals surface area contributed by atoms with Gasteiger partial charge in [0.05, 0.1) is 10.5 Å². The average Bonchev–Trinajstić information content (AvgIpc) is 2.78. The summed E-state index contributed by atoms with van der Waals surface area (Å²) in [5, 5.41) is 4.50. The Morgan fingerprint density at radius 3 is 2.17 bits per heavy atom. The minimum atomic E-state index is -3.87. The number of carbonyl (C=O) groups is 2. The van der Waals surface area contributed by atoms with Crippen LogP contribution in [0.15, 0.2) is 34.5 Å². The van der Waals surface area contributed by atoms with Crippen molar-refractivity contribution in [3.8, 4) is 0 Å². The van der Waals surface area contributed by atoms with Gasteiger partial charge in [0, 0.05) is 22.9 Å². The maximum absolute atomic E-state index is 12.2. The van der Waals surface area contributed by atoms with Crippen LogP contribution in [0.4, 0.5) is 5.69 Å². The largest absolute Gasteiger partial charge is 0.322 e. The third-order valence-electron chi connectivity index (χ3n) is 3.23.